The summed E-state index contributed by atoms with van der Waals surface area (Å²) in [4.78, 5) is 15.6. The van der Waals surface area contributed by atoms with Crippen LogP contribution in [0.4, 0.5) is 13.2 Å². The predicted molar refractivity (Wildman–Crippen MR) is 61.7 cm³/mol. The van der Waals surface area contributed by atoms with Crippen molar-refractivity contribution in [2.45, 2.75) is 6.54 Å². The molecule has 0 aliphatic rings. The summed E-state index contributed by atoms with van der Waals surface area (Å²) in [5.41, 5.74) is 0.0219. The van der Waals surface area contributed by atoms with E-state index >= 15 is 0 Å². The minimum absolute atomic E-state index is 0.0676. The minimum Gasteiger partial charge on any atom is -0.346 e. The van der Waals surface area contributed by atoms with Gasteiger partial charge in [-0.25, -0.2) is 13.2 Å². The second-order valence-electron chi connectivity index (χ2n) is 3.73. The van der Waals surface area contributed by atoms with E-state index in [4.69, 9.17) is 0 Å². The van der Waals surface area contributed by atoms with E-state index in [9.17, 15) is 18.0 Å². The van der Waals surface area contributed by atoms with E-state index in [2.05, 4.69) is 10.3 Å². The first-order valence-electron chi connectivity index (χ1n) is 5.41. The van der Waals surface area contributed by atoms with Crippen LogP contribution in [0, 0.1) is 17.5 Å². The van der Waals surface area contributed by atoms with Crippen molar-refractivity contribution in [2.24, 2.45) is 0 Å². The number of benzene rings is 1. The van der Waals surface area contributed by atoms with Gasteiger partial charge in [0.2, 0.25) is 0 Å². The first-order chi connectivity index (χ1) is 9.09. The number of nitrogens with zero attached hydrogens (tertiary/aromatic N) is 1. The number of halogens is 3. The first-order valence-corrected chi connectivity index (χ1v) is 5.41. The fourth-order valence-electron chi connectivity index (χ4n) is 1.47. The summed E-state index contributed by atoms with van der Waals surface area (Å²) in [5, 5.41) is 2.37. The zero-order chi connectivity index (χ0) is 13.8. The van der Waals surface area contributed by atoms with Crippen molar-refractivity contribution in [3.63, 3.8) is 0 Å². The van der Waals surface area contributed by atoms with Gasteiger partial charge in [0.1, 0.15) is 0 Å². The second-order valence-corrected chi connectivity index (χ2v) is 3.73. The van der Waals surface area contributed by atoms with E-state index in [0.717, 1.165) is 6.07 Å². The Bertz CT molecular complexity index is 602. The Morgan fingerprint density at radius 3 is 2.58 bits per heavy atom. The molecule has 1 aromatic carbocycles. The molecule has 0 saturated heterocycles. The smallest absolute Gasteiger partial charge is 0.254 e. The SMILES string of the molecule is O=C(NCc1ccccn1)c1ccc(F)c(F)c1F. The van der Waals surface area contributed by atoms with Crippen LogP contribution in [0.1, 0.15) is 16.1 Å². The Labute approximate surface area is 107 Å². The monoisotopic (exact) mass is 266 g/mol. The molecular formula is C13H9F3N2O. The van der Waals surface area contributed by atoms with Gasteiger partial charge in [0.25, 0.3) is 5.91 Å². The zero-order valence-corrected chi connectivity index (χ0v) is 9.66. The third-order valence-electron chi connectivity index (χ3n) is 2.44. The molecule has 0 fully saturated rings. The maximum atomic E-state index is 13.3. The summed E-state index contributed by atoms with van der Waals surface area (Å²) in [5.74, 6) is -5.33. The lowest BCUT2D eigenvalue weighted by Gasteiger charge is -2.06. The number of hydrogen-bond donors (Lipinski definition) is 1. The fraction of sp³-hybridized carbons (Fsp3) is 0.0769. The Morgan fingerprint density at radius 2 is 1.89 bits per heavy atom. The lowest BCUT2D eigenvalue weighted by atomic mass is 10.2. The molecular weight excluding hydrogens is 257 g/mol. The van der Waals surface area contributed by atoms with Crippen LogP contribution in [0.3, 0.4) is 0 Å². The molecule has 1 heterocycles. The van der Waals surface area contributed by atoms with Gasteiger partial charge in [-0.05, 0) is 24.3 Å². The average Bonchev–Trinajstić information content (AvgIpc) is 2.43. The second kappa shape index (κ2) is 5.51. The third kappa shape index (κ3) is 2.90. The molecule has 0 spiro atoms. The van der Waals surface area contributed by atoms with E-state index in [1.165, 1.54) is 0 Å². The summed E-state index contributed by atoms with van der Waals surface area (Å²) >= 11 is 0. The molecule has 1 N–H and O–H groups in total. The number of pyridine rings is 1. The molecule has 0 atom stereocenters. The topological polar surface area (TPSA) is 42.0 Å². The molecule has 0 saturated carbocycles. The van der Waals surface area contributed by atoms with Crippen LogP contribution >= 0.6 is 0 Å². The fourth-order valence-corrected chi connectivity index (χ4v) is 1.47. The van der Waals surface area contributed by atoms with E-state index in [-0.39, 0.29) is 6.54 Å². The van der Waals surface area contributed by atoms with Crippen LogP contribution in [-0.4, -0.2) is 10.9 Å². The largest absolute Gasteiger partial charge is 0.346 e. The van der Waals surface area contributed by atoms with Crippen LogP contribution < -0.4 is 5.32 Å². The molecule has 19 heavy (non-hydrogen) atoms. The highest BCUT2D eigenvalue weighted by molar-refractivity contribution is 5.94. The number of hydrogen-bond acceptors (Lipinski definition) is 2. The highest BCUT2D eigenvalue weighted by Crippen LogP contribution is 2.15. The number of amides is 1. The van der Waals surface area contributed by atoms with Gasteiger partial charge >= 0.3 is 0 Å². The molecule has 0 unspecified atom stereocenters. The molecule has 1 amide bonds. The maximum Gasteiger partial charge on any atom is 0.254 e. The number of aromatic nitrogens is 1. The lowest BCUT2D eigenvalue weighted by Crippen LogP contribution is -2.24. The van der Waals surface area contributed by atoms with Gasteiger partial charge in [0.05, 0.1) is 17.8 Å². The molecule has 3 nitrogen and oxygen atoms in total. The summed E-state index contributed by atoms with van der Waals surface area (Å²) in [6, 6.07) is 6.70. The molecule has 0 bridgehead atoms. The quantitative estimate of drug-likeness (QED) is 0.867. The van der Waals surface area contributed by atoms with Gasteiger partial charge in [-0.1, -0.05) is 6.07 Å². The van der Waals surface area contributed by atoms with Crippen LogP contribution in [0.5, 0.6) is 0 Å². The van der Waals surface area contributed by atoms with Crippen LogP contribution in [0.2, 0.25) is 0 Å². The maximum absolute atomic E-state index is 13.3. The van der Waals surface area contributed by atoms with E-state index in [1.807, 2.05) is 0 Å². The number of carbonyl (C=O) groups excluding carboxylic acids is 1. The normalized spacial score (nSPS) is 10.3. The zero-order valence-electron chi connectivity index (χ0n) is 9.66. The molecule has 0 aliphatic heterocycles. The summed E-state index contributed by atoms with van der Waals surface area (Å²) in [7, 11) is 0. The standard InChI is InChI=1S/C13H9F3N2O/c14-10-5-4-9(11(15)12(10)16)13(19)18-7-8-3-1-2-6-17-8/h1-6H,7H2,(H,18,19). The number of nitrogens with one attached hydrogen (secondary N) is 1. The Hall–Kier alpha value is -2.37. The van der Waals surface area contributed by atoms with E-state index in [1.54, 1.807) is 24.4 Å². The predicted octanol–water partition coefficient (Wildman–Crippen LogP) is 2.43. The lowest BCUT2D eigenvalue weighted by molar-refractivity contribution is 0.0945. The molecule has 98 valence electrons. The Morgan fingerprint density at radius 1 is 1.11 bits per heavy atom. The van der Waals surface area contributed by atoms with Crippen LogP contribution in [0.15, 0.2) is 36.5 Å². The first kappa shape index (κ1) is 13.1. The summed E-state index contributed by atoms with van der Waals surface area (Å²) in [6.07, 6.45) is 1.54. The van der Waals surface area contributed by atoms with Gasteiger partial charge < -0.3 is 5.32 Å². The molecule has 1 aromatic heterocycles. The minimum atomic E-state index is -1.66. The van der Waals surface area contributed by atoms with Gasteiger partial charge in [0.15, 0.2) is 17.5 Å². The highest BCUT2D eigenvalue weighted by Gasteiger charge is 2.18. The van der Waals surface area contributed by atoms with Crippen molar-refractivity contribution < 1.29 is 18.0 Å². The van der Waals surface area contributed by atoms with Crippen molar-refractivity contribution in [1.29, 1.82) is 0 Å². The average molecular weight is 266 g/mol. The Balaban J connectivity index is 2.11. The van der Waals surface area contributed by atoms with Crippen LogP contribution in [0.25, 0.3) is 0 Å². The highest BCUT2D eigenvalue weighted by atomic mass is 19.2. The van der Waals surface area contributed by atoms with Crippen LogP contribution in [-0.2, 0) is 6.54 Å². The van der Waals surface area contributed by atoms with Crippen molar-refractivity contribution in [1.82, 2.24) is 10.3 Å². The third-order valence-corrected chi connectivity index (χ3v) is 2.44. The van der Waals surface area contributed by atoms with Gasteiger partial charge in [0, 0.05) is 6.20 Å². The van der Waals surface area contributed by atoms with E-state index < -0.39 is 28.9 Å². The van der Waals surface area contributed by atoms with Gasteiger partial charge in [-0.3, -0.25) is 9.78 Å². The number of carbonyl (C=O) groups is 1. The van der Waals surface area contributed by atoms with Gasteiger partial charge in [-0.15, -0.1) is 0 Å². The summed E-state index contributed by atoms with van der Waals surface area (Å²) < 4.78 is 39.0. The Kier molecular flexibility index (Phi) is 3.79. The molecule has 2 rings (SSSR count). The molecule has 0 radical (unpaired) electrons. The summed E-state index contributed by atoms with van der Waals surface area (Å²) in [6.45, 7) is 0.0676. The van der Waals surface area contributed by atoms with Crippen molar-refractivity contribution >= 4 is 5.91 Å². The molecule has 2 aromatic rings. The number of rotatable bonds is 3. The van der Waals surface area contributed by atoms with Gasteiger partial charge in [-0.2, -0.15) is 0 Å². The van der Waals surface area contributed by atoms with Crippen molar-refractivity contribution in [2.75, 3.05) is 0 Å². The van der Waals surface area contributed by atoms with Crippen molar-refractivity contribution in [3.05, 3.63) is 65.2 Å². The van der Waals surface area contributed by atoms with E-state index in [0.29, 0.717) is 11.8 Å². The van der Waals surface area contributed by atoms with Crippen molar-refractivity contribution in [3.8, 4) is 0 Å². The molecule has 0 aliphatic carbocycles. The molecule has 6 heteroatoms.